The van der Waals surface area contributed by atoms with Crippen LogP contribution in [0, 0.1) is 5.92 Å². The number of para-hydroxylation sites is 1. The van der Waals surface area contributed by atoms with E-state index in [1.54, 1.807) is 0 Å². The van der Waals surface area contributed by atoms with Crippen molar-refractivity contribution in [3.05, 3.63) is 42.2 Å². The topological polar surface area (TPSA) is 64.3 Å². The molecular formula is C22H26N4OS. The maximum atomic E-state index is 6.70. The van der Waals surface area contributed by atoms with E-state index in [1.807, 2.05) is 30.2 Å². The molecule has 4 atom stereocenters. The van der Waals surface area contributed by atoms with Gasteiger partial charge in [-0.3, -0.25) is 0 Å². The van der Waals surface area contributed by atoms with Gasteiger partial charge in [-0.2, -0.15) is 0 Å². The van der Waals surface area contributed by atoms with Crippen LogP contribution < -0.4 is 15.4 Å². The van der Waals surface area contributed by atoms with E-state index in [-0.39, 0.29) is 11.6 Å². The van der Waals surface area contributed by atoms with E-state index in [9.17, 15) is 0 Å². The lowest BCUT2D eigenvalue weighted by atomic mass is 9.79. The zero-order valence-corrected chi connectivity index (χ0v) is 16.8. The van der Waals surface area contributed by atoms with Crippen molar-refractivity contribution in [2.45, 2.75) is 67.3 Å². The van der Waals surface area contributed by atoms with Gasteiger partial charge in [0.2, 0.25) is 0 Å². The number of anilines is 1. The number of nitrogens with two attached hydrogens (primary N) is 1. The normalized spacial score (nSPS) is 33.2. The number of benzene rings is 1. The monoisotopic (exact) mass is 394 g/mol. The number of piperidine rings is 1. The Hall–Kier alpha value is -1.79. The first kappa shape index (κ1) is 17.1. The number of thioether (sulfide) groups is 1. The lowest BCUT2D eigenvalue weighted by Crippen LogP contribution is -2.56. The third kappa shape index (κ3) is 2.72. The Morgan fingerprint density at radius 2 is 1.86 bits per heavy atom. The Labute approximate surface area is 170 Å². The first-order valence-electron chi connectivity index (χ1n) is 10.5. The van der Waals surface area contributed by atoms with E-state index in [4.69, 9.17) is 15.5 Å². The van der Waals surface area contributed by atoms with E-state index < -0.39 is 0 Å². The fraction of sp³-hybridized carbons (Fsp3) is 0.545. The molecule has 2 saturated heterocycles. The molecule has 1 aromatic carbocycles. The van der Waals surface area contributed by atoms with Gasteiger partial charge in [0, 0.05) is 36.2 Å². The first-order valence-corrected chi connectivity index (χ1v) is 11.5. The summed E-state index contributed by atoms with van der Waals surface area (Å²) in [5, 5.41) is 1.05. The Morgan fingerprint density at radius 1 is 1.07 bits per heavy atom. The van der Waals surface area contributed by atoms with Crippen molar-refractivity contribution in [2.24, 2.45) is 11.7 Å². The Kier molecular flexibility index (Phi) is 3.88. The molecule has 4 aliphatic rings. The molecule has 28 heavy (non-hydrogen) atoms. The number of fused-ring (bicyclic) bond motifs is 3. The van der Waals surface area contributed by atoms with Crippen LogP contribution in [0.3, 0.4) is 0 Å². The van der Waals surface area contributed by atoms with Crippen molar-refractivity contribution in [2.75, 3.05) is 10.7 Å². The van der Waals surface area contributed by atoms with Gasteiger partial charge in [0.25, 0.3) is 0 Å². The van der Waals surface area contributed by atoms with Gasteiger partial charge in [0.15, 0.2) is 0 Å². The maximum absolute atomic E-state index is 6.70. The number of hydrogen-bond donors (Lipinski definition) is 1. The second kappa shape index (κ2) is 6.36. The number of nitrogens with zero attached hydrogens (tertiary/aromatic N) is 3. The molecule has 6 heteroatoms. The van der Waals surface area contributed by atoms with Crippen molar-refractivity contribution < 1.29 is 4.74 Å². The predicted molar refractivity (Wildman–Crippen MR) is 111 cm³/mol. The first-order chi connectivity index (χ1) is 13.7. The highest BCUT2D eigenvalue weighted by Gasteiger charge is 2.56. The molecule has 146 valence electrons. The summed E-state index contributed by atoms with van der Waals surface area (Å²) in [7, 11) is 0. The molecule has 2 aromatic rings. The number of hydrogen-bond acceptors (Lipinski definition) is 6. The summed E-state index contributed by atoms with van der Waals surface area (Å²) in [6.45, 7) is 0. The average molecular weight is 395 g/mol. The van der Waals surface area contributed by atoms with E-state index >= 15 is 0 Å². The van der Waals surface area contributed by atoms with Gasteiger partial charge in [0.1, 0.15) is 22.2 Å². The summed E-state index contributed by atoms with van der Waals surface area (Å²) in [4.78, 5) is 12.0. The van der Waals surface area contributed by atoms with Gasteiger partial charge < -0.3 is 15.4 Å². The van der Waals surface area contributed by atoms with Crippen LogP contribution in [0.1, 0.15) is 50.1 Å². The number of rotatable bonds is 4. The van der Waals surface area contributed by atoms with Gasteiger partial charge in [-0.15, -0.1) is 11.8 Å². The summed E-state index contributed by atoms with van der Waals surface area (Å²) in [5.74, 6) is 4.07. The summed E-state index contributed by atoms with van der Waals surface area (Å²) < 4.78 is 6.50. The van der Waals surface area contributed by atoms with E-state index in [0.717, 1.165) is 40.9 Å². The SMILES string of the molecule is N[C@@H]1c2ccccc2OC12C[C@H]1CC[C@@H](C2)N1c1cnc(SCC2CC2)cn1. The molecule has 1 saturated carbocycles. The zero-order chi connectivity index (χ0) is 18.7. The van der Waals surface area contributed by atoms with Gasteiger partial charge in [-0.1, -0.05) is 18.2 Å². The Bertz CT molecular complexity index is 870. The zero-order valence-electron chi connectivity index (χ0n) is 16.0. The molecule has 0 amide bonds. The Balaban J connectivity index is 1.21. The van der Waals surface area contributed by atoms with Gasteiger partial charge >= 0.3 is 0 Å². The van der Waals surface area contributed by atoms with Crippen LogP contribution in [0.2, 0.25) is 0 Å². The summed E-state index contributed by atoms with van der Waals surface area (Å²) >= 11 is 1.84. The molecule has 6 rings (SSSR count). The van der Waals surface area contributed by atoms with E-state index in [2.05, 4.69) is 28.1 Å². The molecule has 5 nitrogen and oxygen atoms in total. The molecule has 3 aliphatic heterocycles. The van der Waals surface area contributed by atoms with Crippen molar-refractivity contribution in [3.8, 4) is 5.75 Å². The third-order valence-electron chi connectivity index (χ3n) is 6.96. The summed E-state index contributed by atoms with van der Waals surface area (Å²) in [6, 6.07) is 9.09. The van der Waals surface area contributed by atoms with Gasteiger partial charge in [0.05, 0.1) is 18.4 Å². The van der Waals surface area contributed by atoms with Crippen LogP contribution in [0.5, 0.6) is 5.75 Å². The van der Waals surface area contributed by atoms with Crippen LogP contribution in [0.4, 0.5) is 5.82 Å². The van der Waals surface area contributed by atoms with Crippen LogP contribution >= 0.6 is 11.8 Å². The van der Waals surface area contributed by atoms with Crippen molar-refractivity contribution in [1.29, 1.82) is 0 Å². The molecule has 1 unspecified atom stereocenters. The minimum atomic E-state index is -0.264. The molecule has 4 heterocycles. The average Bonchev–Trinajstić information content (AvgIpc) is 3.46. The van der Waals surface area contributed by atoms with Gasteiger partial charge in [-0.25, -0.2) is 9.97 Å². The van der Waals surface area contributed by atoms with Crippen molar-refractivity contribution in [3.63, 3.8) is 0 Å². The van der Waals surface area contributed by atoms with Crippen LogP contribution in [0.15, 0.2) is 41.7 Å². The van der Waals surface area contributed by atoms with E-state index in [1.165, 1.54) is 31.4 Å². The molecule has 1 spiro atoms. The largest absolute Gasteiger partial charge is 0.485 e. The molecule has 0 radical (unpaired) electrons. The van der Waals surface area contributed by atoms with Crippen molar-refractivity contribution in [1.82, 2.24) is 9.97 Å². The minimum Gasteiger partial charge on any atom is -0.485 e. The highest BCUT2D eigenvalue weighted by atomic mass is 32.2. The molecule has 2 N–H and O–H groups in total. The lowest BCUT2D eigenvalue weighted by Gasteiger charge is -2.46. The van der Waals surface area contributed by atoms with E-state index in [0.29, 0.717) is 12.1 Å². The summed E-state index contributed by atoms with van der Waals surface area (Å²) in [5.41, 5.74) is 7.60. The fourth-order valence-corrected chi connectivity index (χ4v) is 6.35. The molecule has 3 fully saturated rings. The quantitative estimate of drug-likeness (QED) is 0.793. The smallest absolute Gasteiger partial charge is 0.147 e. The lowest BCUT2D eigenvalue weighted by molar-refractivity contribution is 0.0272. The molecular weight excluding hydrogens is 368 g/mol. The highest BCUT2D eigenvalue weighted by molar-refractivity contribution is 7.99. The molecule has 1 aliphatic carbocycles. The summed E-state index contributed by atoms with van der Waals surface area (Å²) in [6.07, 6.45) is 11.0. The second-order valence-electron chi connectivity index (χ2n) is 8.85. The maximum Gasteiger partial charge on any atom is 0.147 e. The third-order valence-corrected chi connectivity index (χ3v) is 8.10. The second-order valence-corrected chi connectivity index (χ2v) is 9.89. The Morgan fingerprint density at radius 3 is 2.54 bits per heavy atom. The predicted octanol–water partition coefficient (Wildman–Crippen LogP) is 3.94. The fourth-order valence-electron chi connectivity index (χ4n) is 5.36. The molecule has 2 bridgehead atoms. The van der Waals surface area contributed by atoms with Gasteiger partial charge in [-0.05, 0) is 37.7 Å². The van der Waals surface area contributed by atoms with Crippen molar-refractivity contribution >= 4 is 17.6 Å². The van der Waals surface area contributed by atoms with Crippen LogP contribution in [-0.4, -0.2) is 33.4 Å². The number of ether oxygens (including phenoxy) is 1. The highest BCUT2D eigenvalue weighted by Crippen LogP contribution is 2.53. The minimum absolute atomic E-state index is 0.0405. The standard InChI is InChI=1S/C22H26N4OS/c23-21-17-3-1-2-4-18(17)27-22(21)9-15-7-8-16(10-22)26(15)19-11-25-20(12-24-19)28-13-14-5-6-14/h1-4,11-12,14-16,21H,5-10,13,23H2/t15-,16+,21-,22?/m1/s1. The number of aromatic nitrogens is 2. The van der Waals surface area contributed by atoms with Crippen LogP contribution in [-0.2, 0) is 0 Å². The molecule has 1 aromatic heterocycles. The van der Waals surface area contributed by atoms with Crippen LogP contribution in [0.25, 0.3) is 0 Å².